The molecule has 0 aromatic heterocycles. The van der Waals surface area contributed by atoms with Crippen LogP contribution in [0.1, 0.15) is 17.2 Å². The second-order valence-electron chi connectivity index (χ2n) is 4.45. The highest BCUT2D eigenvalue weighted by Crippen LogP contribution is 2.30. The minimum absolute atomic E-state index is 0.0703. The van der Waals surface area contributed by atoms with Crippen molar-refractivity contribution in [1.29, 1.82) is 0 Å². The van der Waals surface area contributed by atoms with Gasteiger partial charge in [-0.05, 0) is 54.9 Å². The lowest BCUT2D eigenvalue weighted by Gasteiger charge is -2.19. The van der Waals surface area contributed by atoms with Gasteiger partial charge in [-0.3, -0.25) is 0 Å². The Labute approximate surface area is 132 Å². The van der Waals surface area contributed by atoms with Crippen molar-refractivity contribution < 1.29 is 4.39 Å². The third-order valence-corrected chi connectivity index (χ3v) is 4.05. The molecular weight excluding hydrogens is 320 g/mol. The summed E-state index contributed by atoms with van der Waals surface area (Å²) < 4.78 is 13.3. The van der Waals surface area contributed by atoms with Crippen LogP contribution >= 0.6 is 34.8 Å². The second kappa shape index (κ2) is 6.77. The zero-order chi connectivity index (χ0) is 14.7. The van der Waals surface area contributed by atoms with Crippen LogP contribution in [0.4, 0.5) is 4.39 Å². The Morgan fingerprint density at radius 3 is 2.45 bits per heavy atom. The van der Waals surface area contributed by atoms with Crippen LogP contribution in [-0.4, -0.2) is 7.05 Å². The van der Waals surface area contributed by atoms with Crippen LogP contribution in [0, 0.1) is 5.82 Å². The van der Waals surface area contributed by atoms with Crippen molar-refractivity contribution in [3.63, 3.8) is 0 Å². The molecule has 0 aliphatic heterocycles. The van der Waals surface area contributed by atoms with Crippen molar-refractivity contribution >= 4 is 34.8 Å². The number of halogens is 4. The van der Waals surface area contributed by atoms with E-state index in [1.54, 1.807) is 18.2 Å². The number of rotatable bonds is 4. The van der Waals surface area contributed by atoms with E-state index in [0.717, 1.165) is 11.1 Å². The van der Waals surface area contributed by atoms with Gasteiger partial charge in [0.25, 0.3) is 0 Å². The van der Waals surface area contributed by atoms with E-state index < -0.39 is 0 Å². The van der Waals surface area contributed by atoms with E-state index in [-0.39, 0.29) is 11.9 Å². The molecule has 0 bridgehead atoms. The predicted octanol–water partition coefficient (Wildman–Crippen LogP) is 5.29. The molecule has 0 saturated carbocycles. The molecule has 0 saturated heterocycles. The van der Waals surface area contributed by atoms with Crippen LogP contribution in [0.3, 0.4) is 0 Å². The summed E-state index contributed by atoms with van der Waals surface area (Å²) in [7, 11) is 1.82. The van der Waals surface area contributed by atoms with Gasteiger partial charge in [0.1, 0.15) is 5.82 Å². The fourth-order valence-electron chi connectivity index (χ4n) is 2.07. The molecule has 1 N–H and O–H groups in total. The molecule has 20 heavy (non-hydrogen) atoms. The van der Waals surface area contributed by atoms with E-state index in [2.05, 4.69) is 5.32 Å². The van der Waals surface area contributed by atoms with Gasteiger partial charge in [-0.1, -0.05) is 40.9 Å². The molecular formula is C15H13Cl3FN. The van der Waals surface area contributed by atoms with Crippen LogP contribution in [0.25, 0.3) is 0 Å². The largest absolute Gasteiger partial charge is 0.313 e. The van der Waals surface area contributed by atoms with Gasteiger partial charge in [0.05, 0.1) is 0 Å². The fraction of sp³-hybridized carbons (Fsp3) is 0.200. The van der Waals surface area contributed by atoms with E-state index in [9.17, 15) is 4.39 Å². The van der Waals surface area contributed by atoms with Gasteiger partial charge in [-0.25, -0.2) is 4.39 Å². The molecule has 2 aromatic rings. The van der Waals surface area contributed by atoms with Gasteiger partial charge in [0.2, 0.25) is 0 Å². The monoisotopic (exact) mass is 331 g/mol. The van der Waals surface area contributed by atoms with E-state index >= 15 is 0 Å². The zero-order valence-corrected chi connectivity index (χ0v) is 13.0. The van der Waals surface area contributed by atoms with Crippen LogP contribution in [0.2, 0.25) is 15.1 Å². The van der Waals surface area contributed by atoms with Crippen LogP contribution < -0.4 is 5.32 Å². The molecule has 1 atom stereocenters. The summed E-state index contributed by atoms with van der Waals surface area (Å²) in [4.78, 5) is 0. The first kappa shape index (κ1) is 15.6. The van der Waals surface area contributed by atoms with Crippen molar-refractivity contribution in [2.24, 2.45) is 0 Å². The summed E-state index contributed by atoms with van der Waals surface area (Å²) in [5.74, 6) is -0.304. The van der Waals surface area contributed by atoms with E-state index in [1.165, 1.54) is 12.1 Å². The first-order chi connectivity index (χ1) is 9.51. The van der Waals surface area contributed by atoms with Gasteiger partial charge in [-0.2, -0.15) is 0 Å². The lowest BCUT2D eigenvalue weighted by atomic mass is 9.99. The molecule has 0 radical (unpaired) electrons. The van der Waals surface area contributed by atoms with Crippen molar-refractivity contribution in [1.82, 2.24) is 5.32 Å². The molecule has 1 unspecified atom stereocenters. The smallest absolute Gasteiger partial charge is 0.123 e. The van der Waals surface area contributed by atoms with Crippen LogP contribution in [0.5, 0.6) is 0 Å². The molecule has 106 valence electrons. The van der Waals surface area contributed by atoms with Crippen molar-refractivity contribution in [3.05, 3.63) is 68.4 Å². The highest BCUT2D eigenvalue weighted by Gasteiger charge is 2.16. The fourth-order valence-corrected chi connectivity index (χ4v) is 2.81. The molecule has 0 spiro atoms. The van der Waals surface area contributed by atoms with E-state index in [0.29, 0.717) is 21.5 Å². The molecule has 0 aliphatic rings. The standard InChI is InChI=1S/C15H13Cl3FN/c1-20-15(12-4-2-10(16)8-14(12)18)7-9-6-11(19)3-5-13(9)17/h2-6,8,15,20H,7H2,1H3. The maximum atomic E-state index is 13.3. The van der Waals surface area contributed by atoms with E-state index in [4.69, 9.17) is 34.8 Å². The summed E-state index contributed by atoms with van der Waals surface area (Å²) in [6.45, 7) is 0. The minimum Gasteiger partial charge on any atom is -0.313 e. The molecule has 5 heteroatoms. The third-order valence-electron chi connectivity index (χ3n) is 3.12. The maximum absolute atomic E-state index is 13.3. The number of benzene rings is 2. The summed E-state index contributed by atoms with van der Waals surface area (Å²) in [5.41, 5.74) is 1.64. The number of likely N-dealkylation sites (N-methyl/N-ethyl adjacent to an activating group) is 1. The average Bonchev–Trinajstić information content (AvgIpc) is 2.40. The number of hydrogen-bond donors (Lipinski definition) is 1. The lowest BCUT2D eigenvalue weighted by Crippen LogP contribution is -2.19. The quantitative estimate of drug-likeness (QED) is 0.802. The van der Waals surface area contributed by atoms with Gasteiger partial charge >= 0.3 is 0 Å². The zero-order valence-electron chi connectivity index (χ0n) is 10.8. The summed E-state index contributed by atoms with van der Waals surface area (Å²) in [5, 5.41) is 4.86. The summed E-state index contributed by atoms with van der Waals surface area (Å²) in [6, 6.07) is 9.60. The second-order valence-corrected chi connectivity index (χ2v) is 5.70. The molecule has 0 fully saturated rings. The Bertz CT molecular complexity index is 616. The highest BCUT2D eigenvalue weighted by molar-refractivity contribution is 6.35. The van der Waals surface area contributed by atoms with Crippen molar-refractivity contribution in [2.45, 2.75) is 12.5 Å². The number of nitrogens with one attached hydrogen (secondary N) is 1. The molecule has 2 rings (SSSR count). The van der Waals surface area contributed by atoms with Crippen molar-refractivity contribution in [3.8, 4) is 0 Å². The third kappa shape index (κ3) is 3.64. The summed E-state index contributed by atoms with van der Waals surface area (Å²) in [6.07, 6.45) is 0.536. The lowest BCUT2D eigenvalue weighted by molar-refractivity contribution is 0.584. The first-order valence-corrected chi connectivity index (χ1v) is 7.21. The van der Waals surface area contributed by atoms with Gasteiger partial charge < -0.3 is 5.32 Å². The number of hydrogen-bond acceptors (Lipinski definition) is 1. The average molecular weight is 333 g/mol. The Hall–Kier alpha value is -0.800. The Balaban J connectivity index is 2.31. The van der Waals surface area contributed by atoms with Crippen LogP contribution in [-0.2, 0) is 6.42 Å². The molecule has 0 amide bonds. The predicted molar refractivity (Wildman–Crippen MR) is 83.4 cm³/mol. The summed E-state index contributed by atoms with van der Waals surface area (Å²) >= 11 is 18.2. The van der Waals surface area contributed by atoms with Gasteiger partial charge in [0.15, 0.2) is 0 Å². The topological polar surface area (TPSA) is 12.0 Å². The normalized spacial score (nSPS) is 12.4. The highest BCUT2D eigenvalue weighted by atomic mass is 35.5. The maximum Gasteiger partial charge on any atom is 0.123 e. The molecule has 0 heterocycles. The molecule has 0 aliphatic carbocycles. The Morgan fingerprint density at radius 1 is 1.05 bits per heavy atom. The Kier molecular flexibility index (Phi) is 5.28. The molecule has 1 nitrogen and oxygen atoms in total. The van der Waals surface area contributed by atoms with Gasteiger partial charge in [0, 0.05) is 21.1 Å². The molecule has 2 aromatic carbocycles. The minimum atomic E-state index is -0.304. The van der Waals surface area contributed by atoms with Crippen LogP contribution in [0.15, 0.2) is 36.4 Å². The SMILES string of the molecule is CNC(Cc1cc(F)ccc1Cl)c1ccc(Cl)cc1Cl. The Morgan fingerprint density at radius 2 is 1.80 bits per heavy atom. The first-order valence-electron chi connectivity index (χ1n) is 6.07. The van der Waals surface area contributed by atoms with Gasteiger partial charge in [-0.15, -0.1) is 0 Å². The van der Waals surface area contributed by atoms with Crippen molar-refractivity contribution in [2.75, 3.05) is 7.05 Å². The van der Waals surface area contributed by atoms with E-state index in [1.807, 2.05) is 13.1 Å².